The normalized spacial score (nSPS) is 12.0. The van der Waals surface area contributed by atoms with Gasteiger partial charge in [-0.15, -0.1) is 0 Å². The van der Waals surface area contributed by atoms with Gasteiger partial charge in [-0.3, -0.25) is 4.79 Å². The van der Waals surface area contributed by atoms with Crippen molar-refractivity contribution in [2.24, 2.45) is 0 Å². The van der Waals surface area contributed by atoms with Crippen molar-refractivity contribution in [3.63, 3.8) is 0 Å². The molecule has 2 aromatic carbocycles. The summed E-state index contributed by atoms with van der Waals surface area (Å²) < 4.78 is 0. The van der Waals surface area contributed by atoms with Crippen LogP contribution in [0.4, 0.5) is 0 Å². The average molecular weight is 350 g/mol. The highest BCUT2D eigenvalue weighted by atomic mass is 35.5. The van der Waals surface area contributed by atoms with Crippen LogP contribution in [-0.4, -0.2) is 5.91 Å². The van der Waals surface area contributed by atoms with Crippen LogP contribution < -0.4 is 5.32 Å². The van der Waals surface area contributed by atoms with Crippen LogP contribution in [0.25, 0.3) is 0 Å². The van der Waals surface area contributed by atoms with Crippen LogP contribution in [0.5, 0.6) is 0 Å². The quantitative estimate of drug-likeness (QED) is 0.766. The van der Waals surface area contributed by atoms with E-state index < -0.39 is 0 Å². The largest absolute Gasteiger partial charge is 0.350 e. The van der Waals surface area contributed by atoms with E-state index in [1.165, 1.54) is 11.1 Å². The molecule has 23 heavy (non-hydrogen) atoms. The van der Waals surface area contributed by atoms with Gasteiger partial charge < -0.3 is 5.32 Å². The Balaban J connectivity index is 1.90. The number of carbonyl (C=O) groups excluding carboxylic acids is 1. The molecule has 0 heterocycles. The zero-order chi connectivity index (χ0) is 17.0. The fourth-order valence-electron chi connectivity index (χ4n) is 2.38. The third-order valence-electron chi connectivity index (χ3n) is 4.03. The van der Waals surface area contributed by atoms with Gasteiger partial charge in [0.25, 0.3) is 0 Å². The van der Waals surface area contributed by atoms with E-state index in [9.17, 15) is 4.79 Å². The first-order chi connectivity index (χ1) is 10.9. The molecule has 2 nitrogen and oxygen atoms in total. The lowest BCUT2D eigenvalue weighted by atomic mass is 10.0. The molecule has 0 saturated heterocycles. The lowest BCUT2D eigenvalue weighted by Gasteiger charge is -2.16. The standard InChI is InChI=1S/C19H21Cl2NO/c1-12-4-7-16(10-13(12)2)14(3)22-19(23)9-6-15-5-8-17(20)18(21)11-15/h4-5,7-8,10-11,14H,6,9H2,1-3H3,(H,22,23). The van der Waals surface area contributed by atoms with Gasteiger partial charge in [-0.05, 0) is 61.6 Å². The number of nitrogens with one attached hydrogen (secondary N) is 1. The molecule has 0 spiro atoms. The van der Waals surface area contributed by atoms with Crippen molar-refractivity contribution < 1.29 is 4.79 Å². The minimum absolute atomic E-state index is 0.00407. The van der Waals surface area contributed by atoms with Crippen LogP contribution in [0, 0.1) is 13.8 Å². The number of halogens is 2. The second kappa shape index (κ2) is 7.85. The van der Waals surface area contributed by atoms with Gasteiger partial charge in [0.15, 0.2) is 0 Å². The van der Waals surface area contributed by atoms with Crippen LogP contribution in [0.3, 0.4) is 0 Å². The first kappa shape index (κ1) is 17.8. The summed E-state index contributed by atoms with van der Waals surface area (Å²) in [5.74, 6) is 0.0294. The molecule has 0 saturated carbocycles. The molecule has 0 aliphatic heterocycles. The molecule has 0 aliphatic rings. The monoisotopic (exact) mass is 349 g/mol. The highest BCUT2D eigenvalue weighted by molar-refractivity contribution is 6.42. The molecule has 0 fully saturated rings. The molecule has 1 amide bonds. The highest BCUT2D eigenvalue weighted by Crippen LogP contribution is 2.23. The minimum atomic E-state index is -0.00407. The van der Waals surface area contributed by atoms with E-state index in [0.29, 0.717) is 22.9 Å². The summed E-state index contributed by atoms with van der Waals surface area (Å²) in [5.41, 5.74) is 4.62. The molecule has 0 aromatic heterocycles. The van der Waals surface area contributed by atoms with Crippen molar-refractivity contribution in [3.05, 3.63) is 68.7 Å². The van der Waals surface area contributed by atoms with Crippen molar-refractivity contribution >= 4 is 29.1 Å². The van der Waals surface area contributed by atoms with Crippen molar-refractivity contribution in [2.75, 3.05) is 0 Å². The van der Waals surface area contributed by atoms with Crippen molar-refractivity contribution in [1.82, 2.24) is 5.32 Å². The van der Waals surface area contributed by atoms with E-state index in [2.05, 4.69) is 37.4 Å². The smallest absolute Gasteiger partial charge is 0.220 e. The first-order valence-electron chi connectivity index (χ1n) is 7.67. The fourth-order valence-corrected chi connectivity index (χ4v) is 2.70. The SMILES string of the molecule is Cc1ccc(C(C)NC(=O)CCc2ccc(Cl)c(Cl)c2)cc1C. The first-order valence-corrected chi connectivity index (χ1v) is 8.43. The van der Waals surface area contributed by atoms with Crippen molar-refractivity contribution in [1.29, 1.82) is 0 Å². The van der Waals surface area contributed by atoms with Crippen LogP contribution in [-0.2, 0) is 11.2 Å². The number of rotatable bonds is 5. The maximum absolute atomic E-state index is 12.1. The molecule has 1 atom stereocenters. The molecular weight excluding hydrogens is 329 g/mol. The van der Waals surface area contributed by atoms with E-state index >= 15 is 0 Å². The zero-order valence-corrected chi connectivity index (χ0v) is 15.1. The van der Waals surface area contributed by atoms with Crippen LogP contribution in [0.1, 0.15) is 41.6 Å². The van der Waals surface area contributed by atoms with Crippen LogP contribution in [0.15, 0.2) is 36.4 Å². The molecule has 1 unspecified atom stereocenters. The molecule has 0 radical (unpaired) electrons. The van der Waals surface area contributed by atoms with Crippen molar-refractivity contribution in [2.45, 2.75) is 39.7 Å². The Morgan fingerprint density at radius 1 is 1.04 bits per heavy atom. The van der Waals surface area contributed by atoms with Gasteiger partial charge in [0.2, 0.25) is 5.91 Å². The molecule has 0 bridgehead atoms. The summed E-state index contributed by atoms with van der Waals surface area (Å²) in [4.78, 5) is 12.1. The maximum Gasteiger partial charge on any atom is 0.220 e. The van der Waals surface area contributed by atoms with E-state index in [-0.39, 0.29) is 11.9 Å². The third-order valence-corrected chi connectivity index (χ3v) is 4.77. The maximum atomic E-state index is 12.1. The summed E-state index contributed by atoms with van der Waals surface area (Å²) in [5, 5.41) is 4.09. The molecule has 122 valence electrons. The fraction of sp³-hybridized carbons (Fsp3) is 0.316. The molecule has 2 rings (SSSR count). The Morgan fingerprint density at radius 2 is 1.78 bits per heavy atom. The van der Waals surface area contributed by atoms with Crippen LogP contribution >= 0.6 is 23.2 Å². The average Bonchev–Trinajstić information content (AvgIpc) is 2.51. The second-order valence-corrected chi connectivity index (χ2v) is 6.70. The second-order valence-electron chi connectivity index (χ2n) is 5.88. The van der Waals surface area contributed by atoms with Crippen LogP contribution in [0.2, 0.25) is 10.0 Å². The van der Waals surface area contributed by atoms with Gasteiger partial charge in [-0.2, -0.15) is 0 Å². The summed E-state index contributed by atoms with van der Waals surface area (Å²) in [6, 6.07) is 11.7. The van der Waals surface area contributed by atoms with Crippen molar-refractivity contribution in [3.8, 4) is 0 Å². The number of hydrogen-bond acceptors (Lipinski definition) is 1. The summed E-state index contributed by atoms with van der Waals surface area (Å²) in [6.07, 6.45) is 1.06. The summed E-state index contributed by atoms with van der Waals surface area (Å²) >= 11 is 11.9. The van der Waals surface area contributed by atoms with Gasteiger partial charge in [-0.1, -0.05) is 47.5 Å². The van der Waals surface area contributed by atoms with Gasteiger partial charge in [0.1, 0.15) is 0 Å². The molecule has 2 aromatic rings. The predicted octanol–water partition coefficient (Wildman–Crippen LogP) is 5.42. The summed E-state index contributed by atoms with van der Waals surface area (Å²) in [7, 11) is 0. The Labute approximate surface area is 147 Å². The number of benzene rings is 2. The van der Waals surface area contributed by atoms with E-state index in [4.69, 9.17) is 23.2 Å². The minimum Gasteiger partial charge on any atom is -0.350 e. The topological polar surface area (TPSA) is 29.1 Å². The Morgan fingerprint density at radius 3 is 2.43 bits per heavy atom. The molecule has 0 aliphatic carbocycles. The van der Waals surface area contributed by atoms with E-state index in [0.717, 1.165) is 11.1 Å². The lowest BCUT2D eigenvalue weighted by Crippen LogP contribution is -2.26. The lowest BCUT2D eigenvalue weighted by molar-refractivity contribution is -0.121. The number of carbonyl (C=O) groups is 1. The molecular formula is C19H21Cl2NO. The zero-order valence-electron chi connectivity index (χ0n) is 13.6. The Hall–Kier alpha value is -1.51. The highest BCUT2D eigenvalue weighted by Gasteiger charge is 2.10. The van der Waals surface area contributed by atoms with Gasteiger partial charge in [0, 0.05) is 6.42 Å². The van der Waals surface area contributed by atoms with Gasteiger partial charge >= 0.3 is 0 Å². The van der Waals surface area contributed by atoms with E-state index in [1.54, 1.807) is 6.07 Å². The molecule has 1 N–H and O–H groups in total. The third kappa shape index (κ3) is 4.98. The van der Waals surface area contributed by atoms with Gasteiger partial charge in [-0.25, -0.2) is 0 Å². The van der Waals surface area contributed by atoms with E-state index in [1.807, 2.05) is 19.1 Å². The Kier molecular flexibility index (Phi) is 6.09. The van der Waals surface area contributed by atoms with Gasteiger partial charge in [0.05, 0.1) is 16.1 Å². The number of aryl methyl sites for hydroxylation is 3. The summed E-state index contributed by atoms with van der Waals surface area (Å²) in [6.45, 7) is 6.17. The Bertz CT molecular complexity index is 713. The number of amides is 1. The predicted molar refractivity (Wildman–Crippen MR) is 97.3 cm³/mol. The molecule has 4 heteroatoms. The number of hydrogen-bond donors (Lipinski definition) is 1.